The monoisotopic (exact) mass is 190 g/mol. The van der Waals surface area contributed by atoms with Gasteiger partial charge in [-0.1, -0.05) is 68.6 Å². The van der Waals surface area contributed by atoms with Gasteiger partial charge in [-0.25, -0.2) is 0 Å². The van der Waals surface area contributed by atoms with Crippen LogP contribution in [-0.4, -0.2) is 0 Å². The highest BCUT2D eigenvalue weighted by Crippen LogP contribution is 2.26. The lowest BCUT2D eigenvalue weighted by atomic mass is 9.87. The van der Waals surface area contributed by atoms with Gasteiger partial charge in [-0.3, -0.25) is 0 Å². The fraction of sp³-hybridized carbons (Fsp3) is 0.571. The Morgan fingerprint density at radius 3 is 2.36 bits per heavy atom. The molecule has 0 aliphatic heterocycles. The highest BCUT2D eigenvalue weighted by molar-refractivity contribution is 5.10. The summed E-state index contributed by atoms with van der Waals surface area (Å²) < 4.78 is 0. The Kier molecular flexibility index (Phi) is 6.14. The number of hydrogen-bond acceptors (Lipinski definition) is 0. The topological polar surface area (TPSA) is 0 Å². The highest BCUT2D eigenvalue weighted by Gasteiger charge is 2.10. The average Bonchev–Trinajstić information content (AvgIpc) is 2.25. The van der Waals surface area contributed by atoms with Crippen LogP contribution in [0, 0.1) is 5.92 Å². The molecule has 1 rings (SSSR count). The summed E-state index contributed by atoms with van der Waals surface area (Å²) in [5, 5.41) is 0. The zero-order valence-electron chi connectivity index (χ0n) is 9.28. The van der Waals surface area contributed by atoms with Crippen molar-refractivity contribution in [3.8, 4) is 0 Å². The van der Waals surface area contributed by atoms with Gasteiger partial charge in [0.1, 0.15) is 0 Å². The molecule has 0 radical (unpaired) electrons. The van der Waals surface area contributed by atoms with Gasteiger partial charge in [-0.2, -0.15) is 0 Å². The van der Waals surface area contributed by atoms with Crippen molar-refractivity contribution in [1.82, 2.24) is 0 Å². The Labute approximate surface area is 88.4 Å². The summed E-state index contributed by atoms with van der Waals surface area (Å²) in [5.74, 6) is 0.968. The lowest BCUT2D eigenvalue weighted by Gasteiger charge is -2.19. The molecule has 1 aliphatic rings. The van der Waals surface area contributed by atoms with Crippen molar-refractivity contribution in [1.29, 1.82) is 0 Å². The van der Waals surface area contributed by atoms with Gasteiger partial charge >= 0.3 is 0 Å². The summed E-state index contributed by atoms with van der Waals surface area (Å²) in [4.78, 5) is 0. The third-order valence-corrected chi connectivity index (χ3v) is 2.86. The first-order valence-electron chi connectivity index (χ1n) is 5.88. The highest BCUT2D eigenvalue weighted by atomic mass is 14.2. The molecule has 1 fully saturated rings. The predicted molar refractivity (Wildman–Crippen MR) is 64.3 cm³/mol. The van der Waals surface area contributed by atoms with E-state index < -0.39 is 0 Å². The largest absolute Gasteiger partial charge is 0.0877 e. The molecule has 0 atom stereocenters. The Bertz CT molecular complexity index is 202. The van der Waals surface area contributed by atoms with E-state index in [4.69, 9.17) is 0 Å². The molecule has 0 aromatic carbocycles. The maximum atomic E-state index is 2.32. The van der Waals surface area contributed by atoms with Crippen LogP contribution in [0.4, 0.5) is 0 Å². The van der Waals surface area contributed by atoms with E-state index in [-0.39, 0.29) is 0 Å². The zero-order chi connectivity index (χ0) is 10.1. The van der Waals surface area contributed by atoms with E-state index in [0.29, 0.717) is 0 Å². The second-order valence-corrected chi connectivity index (χ2v) is 4.08. The van der Waals surface area contributed by atoms with Crippen LogP contribution in [0.5, 0.6) is 0 Å². The van der Waals surface area contributed by atoms with Gasteiger partial charge in [-0.15, -0.1) is 0 Å². The van der Waals surface area contributed by atoms with E-state index in [1.54, 1.807) is 0 Å². The SMILES string of the molecule is C\C=C/C=C\C=C\CC1CCCCC1. The summed E-state index contributed by atoms with van der Waals surface area (Å²) in [6.45, 7) is 2.04. The molecule has 0 nitrogen and oxygen atoms in total. The van der Waals surface area contributed by atoms with Gasteiger partial charge in [0, 0.05) is 0 Å². The first-order chi connectivity index (χ1) is 6.93. The standard InChI is InChI=1S/C14H22/c1-2-3-4-5-6-8-11-14-12-9-7-10-13-14/h2-6,8,14H,7,9-13H2,1H3/b3-2-,5-4-,8-6+. The van der Waals surface area contributed by atoms with Crippen LogP contribution >= 0.6 is 0 Å². The van der Waals surface area contributed by atoms with E-state index in [0.717, 1.165) is 5.92 Å². The summed E-state index contributed by atoms with van der Waals surface area (Å²) in [6, 6.07) is 0. The lowest BCUT2D eigenvalue weighted by molar-refractivity contribution is 0.361. The third-order valence-electron chi connectivity index (χ3n) is 2.86. The van der Waals surface area contributed by atoms with Crippen molar-refractivity contribution in [2.24, 2.45) is 5.92 Å². The Balaban J connectivity index is 2.12. The van der Waals surface area contributed by atoms with E-state index in [9.17, 15) is 0 Å². The molecule has 0 N–H and O–H groups in total. The van der Waals surface area contributed by atoms with Crippen molar-refractivity contribution < 1.29 is 0 Å². The van der Waals surface area contributed by atoms with Crippen LogP contribution in [0.15, 0.2) is 36.5 Å². The number of rotatable bonds is 4. The molecule has 78 valence electrons. The van der Waals surface area contributed by atoms with Gasteiger partial charge in [0.2, 0.25) is 0 Å². The van der Waals surface area contributed by atoms with Gasteiger partial charge < -0.3 is 0 Å². The van der Waals surface area contributed by atoms with Crippen molar-refractivity contribution in [2.45, 2.75) is 45.4 Å². The van der Waals surface area contributed by atoms with Gasteiger partial charge in [-0.05, 0) is 19.3 Å². The molecule has 0 heterocycles. The number of allylic oxidation sites excluding steroid dienone is 6. The molecule has 0 heteroatoms. The van der Waals surface area contributed by atoms with Crippen LogP contribution < -0.4 is 0 Å². The molecular formula is C14H22. The second kappa shape index (κ2) is 7.61. The van der Waals surface area contributed by atoms with Gasteiger partial charge in [0.05, 0.1) is 0 Å². The Hall–Kier alpha value is -0.780. The first-order valence-corrected chi connectivity index (χ1v) is 5.88. The van der Waals surface area contributed by atoms with Crippen molar-refractivity contribution >= 4 is 0 Å². The first kappa shape index (κ1) is 11.3. The van der Waals surface area contributed by atoms with E-state index in [2.05, 4.69) is 30.4 Å². The average molecular weight is 190 g/mol. The Morgan fingerprint density at radius 1 is 0.929 bits per heavy atom. The van der Waals surface area contributed by atoms with E-state index in [1.807, 2.05) is 13.0 Å². The van der Waals surface area contributed by atoms with Crippen LogP contribution in [0.25, 0.3) is 0 Å². The fourth-order valence-corrected chi connectivity index (χ4v) is 2.01. The molecule has 0 aromatic heterocycles. The van der Waals surface area contributed by atoms with Crippen molar-refractivity contribution in [3.63, 3.8) is 0 Å². The van der Waals surface area contributed by atoms with Crippen LogP contribution in [0.1, 0.15) is 45.4 Å². The molecule has 1 aliphatic carbocycles. The minimum absolute atomic E-state index is 0.968. The molecule has 0 amide bonds. The smallest absolute Gasteiger partial charge is 0.0319 e. The quantitative estimate of drug-likeness (QED) is 0.566. The van der Waals surface area contributed by atoms with Crippen LogP contribution in [0.3, 0.4) is 0 Å². The van der Waals surface area contributed by atoms with Crippen LogP contribution in [-0.2, 0) is 0 Å². The van der Waals surface area contributed by atoms with E-state index in [1.165, 1.54) is 38.5 Å². The molecule has 14 heavy (non-hydrogen) atoms. The second-order valence-electron chi connectivity index (χ2n) is 4.08. The van der Waals surface area contributed by atoms with Crippen LogP contribution in [0.2, 0.25) is 0 Å². The molecule has 1 saturated carbocycles. The molecule has 0 bridgehead atoms. The maximum Gasteiger partial charge on any atom is -0.0319 e. The summed E-state index contributed by atoms with van der Waals surface area (Å²) in [5.41, 5.74) is 0. The van der Waals surface area contributed by atoms with Crippen molar-refractivity contribution in [2.75, 3.05) is 0 Å². The number of hydrogen-bond donors (Lipinski definition) is 0. The molecular weight excluding hydrogens is 168 g/mol. The summed E-state index contributed by atoms with van der Waals surface area (Å²) in [6.07, 6.45) is 21.3. The minimum atomic E-state index is 0.968. The van der Waals surface area contributed by atoms with Gasteiger partial charge in [0.15, 0.2) is 0 Å². The molecule has 0 unspecified atom stereocenters. The maximum absolute atomic E-state index is 2.32. The lowest BCUT2D eigenvalue weighted by Crippen LogP contribution is -2.04. The normalized spacial score (nSPS) is 20.4. The zero-order valence-corrected chi connectivity index (χ0v) is 9.28. The Morgan fingerprint density at radius 2 is 1.64 bits per heavy atom. The van der Waals surface area contributed by atoms with Crippen molar-refractivity contribution in [3.05, 3.63) is 36.5 Å². The minimum Gasteiger partial charge on any atom is -0.0877 e. The fourth-order valence-electron chi connectivity index (χ4n) is 2.01. The summed E-state index contributed by atoms with van der Waals surface area (Å²) >= 11 is 0. The molecule has 0 saturated heterocycles. The van der Waals surface area contributed by atoms with Gasteiger partial charge in [0.25, 0.3) is 0 Å². The summed E-state index contributed by atoms with van der Waals surface area (Å²) in [7, 11) is 0. The predicted octanol–water partition coefficient (Wildman–Crippen LogP) is 4.65. The van der Waals surface area contributed by atoms with E-state index >= 15 is 0 Å². The molecule has 0 aromatic rings. The third kappa shape index (κ3) is 5.06. The molecule has 0 spiro atoms.